The molecule has 5 aromatic rings. The number of fused-ring (bicyclic) bond motifs is 3. The second-order valence-corrected chi connectivity index (χ2v) is 14.9. The molecular weight excluding hydrogens is 627 g/mol. The molecule has 1 heteroatoms. The van der Waals surface area contributed by atoms with Crippen LogP contribution in [0.4, 0.5) is 11.4 Å². The van der Waals surface area contributed by atoms with Crippen molar-refractivity contribution in [3.05, 3.63) is 214 Å². The van der Waals surface area contributed by atoms with Crippen LogP contribution in [0.3, 0.4) is 0 Å². The van der Waals surface area contributed by atoms with E-state index >= 15 is 0 Å². The molecule has 3 aliphatic rings. The summed E-state index contributed by atoms with van der Waals surface area (Å²) in [5.41, 5.74) is 17.0. The van der Waals surface area contributed by atoms with Gasteiger partial charge < -0.3 is 5.32 Å². The largest absolute Gasteiger partial charge is 0.355 e. The van der Waals surface area contributed by atoms with Crippen molar-refractivity contribution in [2.45, 2.75) is 57.3 Å². The maximum Gasteiger partial charge on any atom is 0.0691 e. The molecule has 0 fully saturated rings. The molecule has 0 spiro atoms. The van der Waals surface area contributed by atoms with Gasteiger partial charge in [-0.1, -0.05) is 160 Å². The molecule has 0 bridgehead atoms. The summed E-state index contributed by atoms with van der Waals surface area (Å²) < 4.78 is 0. The molecular formula is C51H47N. The zero-order valence-corrected chi connectivity index (χ0v) is 30.6. The molecule has 8 rings (SSSR count). The highest BCUT2D eigenvalue weighted by atomic mass is 14.9. The standard InChI is InChI=1S/C51H47N/c1-5-6-8-18-36(2)51(47-27-15-16-28-49(47)52-43-23-9-7-10-24-43)46-26-14-13-25-44(46)45-32-30-40(35-48(45)51)39-21-17-22-41(34-39)50(3,4)42-31-29-37-19-11-12-20-38(37)33-42/h5-10,12-13,15-18,20-25,27-35,52H,2,11,14,19,26H2,1,3-4H3/b6-5-,18-8-. The molecule has 1 atom stereocenters. The molecule has 52 heavy (non-hydrogen) atoms. The molecule has 3 aliphatic carbocycles. The number of nitrogens with one attached hydrogen (secondary N) is 1. The predicted molar refractivity (Wildman–Crippen MR) is 223 cm³/mol. The Hall–Kier alpha value is -5.66. The second-order valence-electron chi connectivity index (χ2n) is 14.9. The quantitative estimate of drug-likeness (QED) is 0.154. The van der Waals surface area contributed by atoms with Gasteiger partial charge in [-0.15, -0.1) is 0 Å². The van der Waals surface area contributed by atoms with E-state index in [4.69, 9.17) is 6.58 Å². The summed E-state index contributed by atoms with van der Waals surface area (Å²) in [6.45, 7) is 11.7. The zero-order chi connectivity index (χ0) is 35.7. The van der Waals surface area contributed by atoms with Crippen LogP contribution in [0, 0.1) is 0 Å². The van der Waals surface area contributed by atoms with Gasteiger partial charge in [-0.25, -0.2) is 0 Å². The smallest absolute Gasteiger partial charge is 0.0691 e. The lowest BCUT2D eigenvalue weighted by Crippen LogP contribution is -2.31. The summed E-state index contributed by atoms with van der Waals surface area (Å²) in [6.07, 6.45) is 22.1. The van der Waals surface area contributed by atoms with E-state index in [0.29, 0.717) is 0 Å². The van der Waals surface area contributed by atoms with E-state index in [1.54, 1.807) is 0 Å². The molecule has 0 heterocycles. The minimum Gasteiger partial charge on any atom is -0.355 e. The third-order valence-corrected chi connectivity index (χ3v) is 11.5. The highest BCUT2D eigenvalue weighted by Gasteiger charge is 2.48. The molecule has 0 saturated carbocycles. The number of hydrogen-bond donors (Lipinski definition) is 1. The van der Waals surface area contributed by atoms with Gasteiger partial charge in [-0.2, -0.15) is 0 Å². The maximum atomic E-state index is 4.90. The van der Waals surface area contributed by atoms with E-state index in [1.807, 2.05) is 0 Å². The van der Waals surface area contributed by atoms with E-state index in [0.717, 1.165) is 42.6 Å². The summed E-state index contributed by atoms with van der Waals surface area (Å²) in [6, 6.07) is 42.8. The van der Waals surface area contributed by atoms with Crippen LogP contribution in [0.5, 0.6) is 0 Å². The number of benzene rings is 5. The van der Waals surface area contributed by atoms with Crippen LogP contribution in [0.1, 0.15) is 79.0 Å². The topological polar surface area (TPSA) is 12.0 Å². The fraction of sp³-hybridized carbons (Fsp3) is 0.176. The van der Waals surface area contributed by atoms with E-state index in [-0.39, 0.29) is 5.41 Å². The third-order valence-electron chi connectivity index (χ3n) is 11.5. The van der Waals surface area contributed by atoms with Crippen LogP contribution in [-0.4, -0.2) is 0 Å². The number of anilines is 2. The maximum absolute atomic E-state index is 4.90. The van der Waals surface area contributed by atoms with Crippen molar-refractivity contribution < 1.29 is 0 Å². The molecule has 1 N–H and O–H groups in total. The highest BCUT2D eigenvalue weighted by molar-refractivity contribution is 5.93. The highest BCUT2D eigenvalue weighted by Crippen LogP contribution is 2.59. The summed E-state index contributed by atoms with van der Waals surface area (Å²) >= 11 is 0. The first kappa shape index (κ1) is 33.5. The molecule has 1 nitrogen and oxygen atoms in total. The molecule has 0 radical (unpaired) electrons. The van der Waals surface area contributed by atoms with Crippen LogP contribution in [0.2, 0.25) is 0 Å². The fourth-order valence-electron chi connectivity index (χ4n) is 8.66. The Balaban J connectivity index is 1.29. The van der Waals surface area contributed by atoms with Crippen molar-refractivity contribution in [1.29, 1.82) is 0 Å². The Bertz CT molecular complexity index is 2320. The Morgan fingerprint density at radius 3 is 2.35 bits per heavy atom. The molecule has 0 amide bonds. The Morgan fingerprint density at radius 2 is 1.48 bits per heavy atom. The Morgan fingerprint density at radius 1 is 0.712 bits per heavy atom. The van der Waals surface area contributed by atoms with Crippen molar-refractivity contribution in [2.75, 3.05) is 5.32 Å². The SMILES string of the molecule is C=C(/C=C\C=C/C)C1(c2ccccc2Nc2ccccc2)C2=C(C=CCC2)c2ccc(-c3cccc(C(C)(C)c4ccc5c(c4)C=CCC5)c3)cc21. The van der Waals surface area contributed by atoms with E-state index in [9.17, 15) is 0 Å². The van der Waals surface area contributed by atoms with E-state index in [2.05, 4.69) is 190 Å². The number of hydrogen-bond acceptors (Lipinski definition) is 1. The monoisotopic (exact) mass is 673 g/mol. The lowest BCUT2D eigenvalue weighted by Gasteiger charge is -2.38. The molecule has 1 unspecified atom stereocenters. The molecule has 0 aromatic heterocycles. The zero-order valence-electron chi connectivity index (χ0n) is 30.6. The fourth-order valence-corrected chi connectivity index (χ4v) is 8.66. The number of para-hydroxylation sites is 2. The van der Waals surface area contributed by atoms with Gasteiger partial charge in [0.25, 0.3) is 0 Å². The number of allylic oxidation sites excluding steroid dienone is 10. The van der Waals surface area contributed by atoms with Gasteiger partial charge in [0.15, 0.2) is 0 Å². The third kappa shape index (κ3) is 5.75. The second kappa shape index (κ2) is 13.8. The van der Waals surface area contributed by atoms with Crippen molar-refractivity contribution in [3.8, 4) is 11.1 Å². The van der Waals surface area contributed by atoms with Crippen LogP contribution in [0.15, 0.2) is 176 Å². The first-order valence-corrected chi connectivity index (χ1v) is 18.8. The van der Waals surface area contributed by atoms with Crippen LogP contribution in [-0.2, 0) is 17.3 Å². The Labute approximate surface area is 310 Å². The van der Waals surface area contributed by atoms with Gasteiger partial charge in [0, 0.05) is 16.8 Å². The lowest BCUT2D eigenvalue weighted by molar-refractivity contribution is 0.640. The normalized spacial score (nSPS) is 17.8. The predicted octanol–water partition coefficient (Wildman–Crippen LogP) is 13.5. The van der Waals surface area contributed by atoms with Crippen molar-refractivity contribution >= 4 is 23.0 Å². The van der Waals surface area contributed by atoms with Gasteiger partial charge in [0.05, 0.1) is 5.41 Å². The molecule has 0 aliphatic heterocycles. The van der Waals surface area contributed by atoms with Gasteiger partial charge >= 0.3 is 0 Å². The molecule has 256 valence electrons. The summed E-state index contributed by atoms with van der Waals surface area (Å²) in [4.78, 5) is 0. The summed E-state index contributed by atoms with van der Waals surface area (Å²) in [5.74, 6) is 0. The summed E-state index contributed by atoms with van der Waals surface area (Å²) in [7, 11) is 0. The Kier molecular flexibility index (Phi) is 8.89. The van der Waals surface area contributed by atoms with Gasteiger partial charge in [-0.3, -0.25) is 0 Å². The molecule has 5 aromatic carbocycles. The first-order chi connectivity index (χ1) is 25.4. The minimum absolute atomic E-state index is 0.157. The van der Waals surface area contributed by atoms with E-state index in [1.165, 1.54) is 61.2 Å². The van der Waals surface area contributed by atoms with Crippen molar-refractivity contribution in [3.63, 3.8) is 0 Å². The number of rotatable bonds is 9. The minimum atomic E-state index is -0.546. The van der Waals surface area contributed by atoms with Crippen molar-refractivity contribution in [2.24, 2.45) is 0 Å². The van der Waals surface area contributed by atoms with E-state index < -0.39 is 5.41 Å². The van der Waals surface area contributed by atoms with Crippen molar-refractivity contribution in [1.82, 2.24) is 0 Å². The lowest BCUT2D eigenvalue weighted by atomic mass is 9.64. The average Bonchev–Trinajstić information content (AvgIpc) is 3.49. The van der Waals surface area contributed by atoms with Gasteiger partial charge in [0.2, 0.25) is 0 Å². The number of aryl methyl sites for hydroxylation is 1. The van der Waals surface area contributed by atoms with Crippen LogP contribution in [0.25, 0.3) is 22.8 Å². The summed E-state index contributed by atoms with van der Waals surface area (Å²) in [5, 5.41) is 3.80. The van der Waals surface area contributed by atoms with Crippen LogP contribution >= 0.6 is 0 Å². The molecule has 0 saturated heterocycles. The average molecular weight is 674 g/mol. The first-order valence-electron chi connectivity index (χ1n) is 18.8. The van der Waals surface area contributed by atoms with Crippen LogP contribution < -0.4 is 5.32 Å². The van der Waals surface area contributed by atoms with Gasteiger partial charge in [0.1, 0.15) is 0 Å². The van der Waals surface area contributed by atoms with Gasteiger partial charge in [-0.05, 0) is 124 Å².